The van der Waals surface area contributed by atoms with Crippen molar-refractivity contribution in [1.29, 1.82) is 0 Å². The molecule has 1 aliphatic heterocycles. The van der Waals surface area contributed by atoms with E-state index in [0.717, 1.165) is 0 Å². The van der Waals surface area contributed by atoms with Gasteiger partial charge in [-0.25, -0.2) is 13.2 Å². The number of ether oxygens (including phenoxy) is 1. The average Bonchev–Trinajstić information content (AvgIpc) is 2.76. The molecule has 24 heavy (non-hydrogen) atoms. The highest BCUT2D eigenvalue weighted by Crippen LogP contribution is 2.11. The van der Waals surface area contributed by atoms with Gasteiger partial charge in [-0.2, -0.15) is 0 Å². The smallest absolute Gasteiger partial charge is 0.410 e. The largest absolute Gasteiger partial charge is 0.444 e. The highest BCUT2D eigenvalue weighted by molar-refractivity contribution is 7.91. The van der Waals surface area contributed by atoms with E-state index in [2.05, 4.69) is 15.6 Å². The van der Waals surface area contributed by atoms with E-state index in [-0.39, 0.29) is 17.5 Å². The van der Waals surface area contributed by atoms with Gasteiger partial charge in [0.1, 0.15) is 5.60 Å². The summed E-state index contributed by atoms with van der Waals surface area (Å²) in [6.07, 6.45) is 0.197. The van der Waals surface area contributed by atoms with Crippen molar-refractivity contribution in [2.45, 2.75) is 45.8 Å². The normalized spacial score (nSPS) is 20.5. The third-order valence-electron chi connectivity index (χ3n) is 3.33. The Morgan fingerprint density at radius 3 is 2.54 bits per heavy atom. The zero-order chi connectivity index (χ0) is 18.4. The van der Waals surface area contributed by atoms with Gasteiger partial charge in [-0.3, -0.25) is 4.99 Å². The summed E-state index contributed by atoms with van der Waals surface area (Å²) in [6.45, 7) is 8.88. The van der Waals surface area contributed by atoms with E-state index >= 15 is 0 Å². The van der Waals surface area contributed by atoms with E-state index in [0.29, 0.717) is 32.0 Å². The van der Waals surface area contributed by atoms with Gasteiger partial charge >= 0.3 is 6.09 Å². The first kappa shape index (κ1) is 20.5. The lowest BCUT2D eigenvalue weighted by atomic mass is 10.2. The molecule has 0 aliphatic carbocycles. The van der Waals surface area contributed by atoms with Crippen LogP contribution in [0.25, 0.3) is 0 Å². The molecule has 2 N–H and O–H groups in total. The SMILES string of the molecule is CCNC(=NCCN(C)C(=O)OC(C)(C)C)NC1CCS(=O)(=O)C1. The van der Waals surface area contributed by atoms with Crippen molar-refractivity contribution in [3.63, 3.8) is 0 Å². The lowest BCUT2D eigenvalue weighted by Crippen LogP contribution is -2.44. The van der Waals surface area contributed by atoms with E-state index < -0.39 is 21.5 Å². The molecule has 0 aromatic heterocycles. The van der Waals surface area contributed by atoms with Crippen LogP contribution in [-0.4, -0.2) is 75.2 Å². The minimum atomic E-state index is -2.93. The predicted molar refractivity (Wildman–Crippen MR) is 95.0 cm³/mol. The predicted octanol–water partition coefficient (Wildman–Crippen LogP) is 0.596. The van der Waals surface area contributed by atoms with Gasteiger partial charge in [0.2, 0.25) is 0 Å². The second kappa shape index (κ2) is 8.55. The zero-order valence-electron chi connectivity index (χ0n) is 15.3. The summed E-state index contributed by atoms with van der Waals surface area (Å²) in [5, 5.41) is 6.23. The maximum absolute atomic E-state index is 11.9. The van der Waals surface area contributed by atoms with E-state index in [1.165, 1.54) is 4.90 Å². The van der Waals surface area contributed by atoms with Crippen LogP contribution in [0.4, 0.5) is 4.79 Å². The number of guanidine groups is 1. The Bertz CT molecular complexity index is 554. The third-order valence-corrected chi connectivity index (χ3v) is 5.10. The van der Waals surface area contributed by atoms with E-state index in [9.17, 15) is 13.2 Å². The molecular formula is C15H30N4O4S. The summed E-state index contributed by atoms with van der Waals surface area (Å²) in [5.41, 5.74) is -0.529. The summed E-state index contributed by atoms with van der Waals surface area (Å²) in [7, 11) is -1.27. The standard InChI is InChI=1S/C15H30N4O4S/c1-6-16-13(18-12-7-10-24(21,22)11-12)17-8-9-19(5)14(20)23-15(2,3)4/h12H,6-11H2,1-5H3,(H2,16,17,18). The fraction of sp³-hybridized carbons (Fsp3) is 0.867. The minimum absolute atomic E-state index is 0.114. The number of carbonyl (C=O) groups is 1. The Balaban J connectivity index is 2.49. The number of hydrogen-bond acceptors (Lipinski definition) is 5. The van der Waals surface area contributed by atoms with Crippen LogP contribution in [0, 0.1) is 0 Å². The summed E-state index contributed by atoms with van der Waals surface area (Å²) >= 11 is 0. The van der Waals surface area contributed by atoms with Gasteiger partial charge < -0.3 is 20.3 Å². The number of nitrogens with one attached hydrogen (secondary N) is 2. The van der Waals surface area contributed by atoms with Gasteiger partial charge in [-0.05, 0) is 34.1 Å². The summed E-state index contributed by atoms with van der Waals surface area (Å²) in [6, 6.07) is -0.114. The van der Waals surface area contributed by atoms with Crippen molar-refractivity contribution in [3.8, 4) is 0 Å². The Morgan fingerprint density at radius 1 is 1.38 bits per heavy atom. The Hall–Kier alpha value is -1.51. The van der Waals surface area contributed by atoms with Crippen LogP contribution in [0.2, 0.25) is 0 Å². The van der Waals surface area contributed by atoms with Gasteiger partial charge in [0, 0.05) is 26.2 Å². The summed E-state index contributed by atoms with van der Waals surface area (Å²) in [5.74, 6) is 0.915. The van der Waals surface area contributed by atoms with Crippen molar-refractivity contribution < 1.29 is 17.9 Å². The number of amides is 1. The molecule has 140 valence electrons. The Kier molecular flexibility index (Phi) is 7.31. The van der Waals surface area contributed by atoms with Crippen LogP contribution in [0.3, 0.4) is 0 Å². The fourth-order valence-corrected chi connectivity index (χ4v) is 3.84. The second-order valence-corrected chi connectivity index (χ2v) is 9.14. The van der Waals surface area contributed by atoms with Crippen LogP contribution < -0.4 is 10.6 Å². The molecule has 8 nitrogen and oxygen atoms in total. The Labute approximate surface area is 144 Å². The lowest BCUT2D eigenvalue weighted by molar-refractivity contribution is 0.0304. The molecule has 9 heteroatoms. The third kappa shape index (κ3) is 7.85. The monoisotopic (exact) mass is 362 g/mol. The molecule has 1 heterocycles. The van der Waals surface area contributed by atoms with Crippen LogP contribution in [0.1, 0.15) is 34.1 Å². The van der Waals surface area contributed by atoms with Crippen molar-refractivity contribution in [2.24, 2.45) is 4.99 Å². The first-order valence-electron chi connectivity index (χ1n) is 8.22. The molecular weight excluding hydrogens is 332 g/mol. The van der Waals surface area contributed by atoms with Crippen LogP contribution in [-0.2, 0) is 14.6 Å². The average molecular weight is 362 g/mol. The molecule has 0 saturated carbocycles. The zero-order valence-corrected chi connectivity index (χ0v) is 16.1. The highest BCUT2D eigenvalue weighted by atomic mass is 32.2. The number of hydrogen-bond donors (Lipinski definition) is 2. The molecule has 0 aromatic carbocycles. The number of likely N-dealkylation sites (N-methyl/N-ethyl adjacent to an activating group) is 1. The van der Waals surface area contributed by atoms with Crippen molar-refractivity contribution >= 4 is 21.9 Å². The molecule has 1 atom stereocenters. The molecule has 0 spiro atoms. The Morgan fingerprint density at radius 2 is 2.04 bits per heavy atom. The van der Waals surface area contributed by atoms with Crippen LogP contribution >= 0.6 is 0 Å². The molecule has 1 amide bonds. The lowest BCUT2D eigenvalue weighted by Gasteiger charge is -2.24. The van der Waals surface area contributed by atoms with Crippen molar-refractivity contribution in [2.75, 3.05) is 38.2 Å². The van der Waals surface area contributed by atoms with E-state index in [1.54, 1.807) is 7.05 Å². The van der Waals surface area contributed by atoms with E-state index in [1.807, 2.05) is 27.7 Å². The maximum atomic E-state index is 11.9. The van der Waals surface area contributed by atoms with Crippen LogP contribution in [0.5, 0.6) is 0 Å². The summed E-state index contributed by atoms with van der Waals surface area (Å²) in [4.78, 5) is 17.7. The number of rotatable bonds is 5. The van der Waals surface area contributed by atoms with E-state index in [4.69, 9.17) is 4.74 Å². The molecule has 0 aromatic rings. The molecule has 1 saturated heterocycles. The van der Waals surface area contributed by atoms with Crippen LogP contribution in [0.15, 0.2) is 4.99 Å². The topological polar surface area (TPSA) is 100 Å². The van der Waals surface area contributed by atoms with Gasteiger partial charge in [0.25, 0.3) is 0 Å². The fourth-order valence-electron chi connectivity index (χ4n) is 2.17. The molecule has 1 aliphatic rings. The summed E-state index contributed by atoms with van der Waals surface area (Å²) < 4.78 is 28.3. The number of carbonyl (C=O) groups excluding carboxylic acids is 1. The van der Waals surface area contributed by atoms with Gasteiger partial charge in [-0.1, -0.05) is 0 Å². The number of nitrogens with zero attached hydrogens (tertiary/aromatic N) is 2. The molecule has 0 radical (unpaired) electrons. The van der Waals surface area contributed by atoms with Gasteiger partial charge in [0.15, 0.2) is 15.8 Å². The quantitative estimate of drug-likeness (QED) is 0.549. The first-order valence-corrected chi connectivity index (χ1v) is 10.0. The molecule has 1 fully saturated rings. The second-order valence-electron chi connectivity index (χ2n) is 6.91. The van der Waals surface area contributed by atoms with Gasteiger partial charge in [0.05, 0.1) is 18.1 Å². The number of sulfone groups is 1. The van der Waals surface area contributed by atoms with Crippen molar-refractivity contribution in [1.82, 2.24) is 15.5 Å². The first-order chi connectivity index (χ1) is 11.0. The molecule has 1 rings (SSSR count). The molecule has 0 bridgehead atoms. The highest BCUT2D eigenvalue weighted by Gasteiger charge is 2.28. The van der Waals surface area contributed by atoms with Crippen molar-refractivity contribution in [3.05, 3.63) is 0 Å². The maximum Gasteiger partial charge on any atom is 0.410 e. The minimum Gasteiger partial charge on any atom is -0.444 e. The number of aliphatic imine (C=N–C) groups is 1. The molecule has 1 unspecified atom stereocenters. The van der Waals surface area contributed by atoms with Gasteiger partial charge in [-0.15, -0.1) is 0 Å².